The van der Waals surface area contributed by atoms with Gasteiger partial charge in [-0.3, -0.25) is 9.78 Å². The Bertz CT molecular complexity index is 911. The lowest BCUT2D eigenvalue weighted by atomic mass is 10.1. The Morgan fingerprint density at radius 3 is 2.73 bits per heavy atom. The van der Waals surface area contributed by atoms with E-state index >= 15 is 0 Å². The maximum Gasteiger partial charge on any atom is 0.279 e. The Labute approximate surface area is 151 Å². The third kappa shape index (κ3) is 3.13. The lowest BCUT2D eigenvalue weighted by Crippen LogP contribution is -2.36. The van der Waals surface area contributed by atoms with Crippen LogP contribution >= 0.6 is 0 Å². The van der Waals surface area contributed by atoms with E-state index in [1.54, 1.807) is 23.2 Å². The summed E-state index contributed by atoms with van der Waals surface area (Å²) in [5, 5.41) is 11.4. The second-order valence-corrected chi connectivity index (χ2v) is 6.34. The third-order valence-electron chi connectivity index (χ3n) is 4.49. The van der Waals surface area contributed by atoms with Gasteiger partial charge in [0.15, 0.2) is 5.69 Å². The summed E-state index contributed by atoms with van der Waals surface area (Å²) in [6, 6.07) is 17.3. The van der Waals surface area contributed by atoms with E-state index in [1.807, 2.05) is 43.3 Å². The van der Waals surface area contributed by atoms with Gasteiger partial charge in [-0.05, 0) is 49.2 Å². The Morgan fingerprint density at radius 1 is 1.12 bits per heavy atom. The molecule has 1 aliphatic rings. The monoisotopic (exact) mass is 345 g/mol. The number of anilines is 2. The van der Waals surface area contributed by atoms with E-state index in [0.717, 1.165) is 17.8 Å². The number of aromatic nitrogens is 3. The van der Waals surface area contributed by atoms with E-state index in [9.17, 15) is 4.79 Å². The van der Waals surface area contributed by atoms with Gasteiger partial charge in [-0.25, -0.2) is 0 Å². The molecule has 0 bridgehead atoms. The molecule has 1 amide bonds. The summed E-state index contributed by atoms with van der Waals surface area (Å²) in [6.45, 7) is 2.60. The Balaban J connectivity index is 1.47. The molecule has 3 aromatic rings. The van der Waals surface area contributed by atoms with Gasteiger partial charge in [-0.15, -0.1) is 10.2 Å². The molecule has 26 heavy (non-hydrogen) atoms. The molecule has 0 radical (unpaired) electrons. The van der Waals surface area contributed by atoms with Crippen molar-refractivity contribution in [2.24, 2.45) is 0 Å². The quantitative estimate of drug-likeness (QED) is 0.787. The van der Waals surface area contributed by atoms with E-state index in [1.165, 1.54) is 5.56 Å². The number of para-hydroxylation sites is 1. The first kappa shape index (κ1) is 16.2. The van der Waals surface area contributed by atoms with Crippen LogP contribution in [0.25, 0.3) is 0 Å². The van der Waals surface area contributed by atoms with E-state index in [2.05, 4.69) is 26.6 Å². The van der Waals surface area contributed by atoms with Crippen LogP contribution in [0.2, 0.25) is 0 Å². The maximum atomic E-state index is 12.9. The number of nitrogens with zero attached hydrogens (tertiary/aromatic N) is 4. The van der Waals surface area contributed by atoms with Crippen molar-refractivity contribution in [1.82, 2.24) is 15.2 Å². The molecule has 0 aliphatic carbocycles. The highest BCUT2D eigenvalue weighted by Crippen LogP contribution is 2.32. The smallest absolute Gasteiger partial charge is 0.279 e. The highest BCUT2D eigenvalue weighted by molar-refractivity contribution is 6.06. The fourth-order valence-electron chi connectivity index (χ4n) is 3.22. The fourth-order valence-corrected chi connectivity index (χ4v) is 3.22. The zero-order chi connectivity index (χ0) is 17.9. The van der Waals surface area contributed by atoms with Crippen molar-refractivity contribution < 1.29 is 4.79 Å². The maximum absolute atomic E-state index is 12.9. The lowest BCUT2D eigenvalue weighted by Gasteiger charge is -2.22. The van der Waals surface area contributed by atoms with Crippen molar-refractivity contribution in [2.45, 2.75) is 25.9 Å². The van der Waals surface area contributed by atoms with Crippen molar-refractivity contribution in [3.63, 3.8) is 0 Å². The van der Waals surface area contributed by atoms with Crippen LogP contribution in [0, 0.1) is 0 Å². The molecule has 130 valence electrons. The molecule has 3 heterocycles. The topological polar surface area (TPSA) is 71.0 Å². The summed E-state index contributed by atoms with van der Waals surface area (Å²) in [5.74, 6) is 0.494. The summed E-state index contributed by atoms with van der Waals surface area (Å²) in [4.78, 5) is 19.0. The van der Waals surface area contributed by atoms with Gasteiger partial charge in [0.25, 0.3) is 5.91 Å². The average Bonchev–Trinajstić information content (AvgIpc) is 3.03. The molecule has 4 rings (SSSR count). The second-order valence-electron chi connectivity index (χ2n) is 6.34. The zero-order valence-electron chi connectivity index (χ0n) is 14.5. The van der Waals surface area contributed by atoms with Crippen molar-refractivity contribution in [2.75, 3.05) is 10.2 Å². The second kappa shape index (κ2) is 6.92. The van der Waals surface area contributed by atoms with Crippen LogP contribution in [0.4, 0.5) is 11.5 Å². The highest BCUT2D eigenvalue weighted by Gasteiger charge is 2.31. The largest absolute Gasteiger partial charge is 0.363 e. The van der Waals surface area contributed by atoms with Gasteiger partial charge in [-0.2, -0.15) is 0 Å². The number of carbonyl (C=O) groups is 1. The van der Waals surface area contributed by atoms with Crippen LogP contribution in [0.3, 0.4) is 0 Å². The van der Waals surface area contributed by atoms with Gasteiger partial charge in [-0.1, -0.05) is 24.3 Å². The van der Waals surface area contributed by atoms with Crippen LogP contribution in [0.15, 0.2) is 60.8 Å². The number of carbonyl (C=O) groups excluding carboxylic acids is 1. The predicted octanol–water partition coefficient (Wildman–Crippen LogP) is 3.08. The molecule has 0 saturated carbocycles. The molecule has 6 heteroatoms. The van der Waals surface area contributed by atoms with Crippen LogP contribution in [-0.4, -0.2) is 27.1 Å². The molecule has 0 saturated heterocycles. The van der Waals surface area contributed by atoms with Gasteiger partial charge in [0.1, 0.15) is 5.82 Å². The van der Waals surface area contributed by atoms with E-state index < -0.39 is 0 Å². The molecule has 2 aromatic heterocycles. The van der Waals surface area contributed by atoms with E-state index in [-0.39, 0.29) is 11.9 Å². The molecule has 1 aliphatic heterocycles. The van der Waals surface area contributed by atoms with Crippen molar-refractivity contribution in [1.29, 1.82) is 0 Å². The number of hydrogen-bond donors (Lipinski definition) is 1. The number of amides is 1. The van der Waals surface area contributed by atoms with E-state index in [0.29, 0.717) is 18.1 Å². The van der Waals surface area contributed by atoms with Gasteiger partial charge >= 0.3 is 0 Å². The molecular formula is C20H19N5O. The third-order valence-corrected chi connectivity index (χ3v) is 4.49. The number of hydrogen-bond acceptors (Lipinski definition) is 5. The minimum absolute atomic E-state index is 0.114. The summed E-state index contributed by atoms with van der Waals surface area (Å²) < 4.78 is 0. The fraction of sp³-hybridized carbons (Fsp3) is 0.200. The van der Waals surface area contributed by atoms with Crippen LogP contribution in [0.1, 0.15) is 28.7 Å². The summed E-state index contributed by atoms with van der Waals surface area (Å²) >= 11 is 0. The van der Waals surface area contributed by atoms with Crippen molar-refractivity contribution in [3.8, 4) is 0 Å². The number of pyridine rings is 1. The van der Waals surface area contributed by atoms with Gasteiger partial charge in [0.2, 0.25) is 0 Å². The molecule has 1 atom stereocenters. The lowest BCUT2D eigenvalue weighted by molar-refractivity contribution is 0.0975. The molecule has 0 fully saturated rings. The average molecular weight is 345 g/mol. The van der Waals surface area contributed by atoms with Crippen LogP contribution in [-0.2, 0) is 13.0 Å². The number of nitrogens with one attached hydrogen (secondary N) is 1. The molecule has 1 aromatic carbocycles. The minimum atomic E-state index is -0.119. The van der Waals surface area contributed by atoms with E-state index in [4.69, 9.17) is 0 Å². The van der Waals surface area contributed by atoms with Gasteiger partial charge in [0, 0.05) is 17.9 Å². The predicted molar refractivity (Wildman–Crippen MR) is 100 cm³/mol. The minimum Gasteiger partial charge on any atom is -0.363 e. The standard InChI is InChI=1S/C20H19N5O/c1-14-12-15-6-2-3-8-18(15)25(14)20(26)17-9-10-19(24-23-17)22-13-16-7-4-5-11-21-16/h2-11,14H,12-13H2,1H3,(H,22,24). The molecule has 1 N–H and O–H groups in total. The molecular weight excluding hydrogens is 326 g/mol. The van der Waals surface area contributed by atoms with Crippen molar-refractivity contribution >= 4 is 17.4 Å². The number of benzene rings is 1. The van der Waals surface area contributed by atoms with Gasteiger partial charge < -0.3 is 10.2 Å². The van der Waals surface area contributed by atoms with Crippen LogP contribution < -0.4 is 10.2 Å². The highest BCUT2D eigenvalue weighted by atomic mass is 16.2. The summed E-state index contributed by atoms with van der Waals surface area (Å²) in [7, 11) is 0. The number of rotatable bonds is 4. The first-order chi connectivity index (χ1) is 12.7. The Kier molecular flexibility index (Phi) is 4.31. The summed E-state index contributed by atoms with van der Waals surface area (Å²) in [6.07, 6.45) is 2.61. The summed E-state index contributed by atoms with van der Waals surface area (Å²) in [5.41, 5.74) is 3.41. The molecule has 6 nitrogen and oxygen atoms in total. The first-order valence-electron chi connectivity index (χ1n) is 8.61. The normalized spacial score (nSPS) is 15.6. The molecule has 0 spiro atoms. The SMILES string of the molecule is CC1Cc2ccccc2N1C(=O)c1ccc(NCc2ccccn2)nn1. The Morgan fingerprint density at radius 2 is 1.96 bits per heavy atom. The van der Waals surface area contributed by atoms with Crippen LogP contribution in [0.5, 0.6) is 0 Å². The Hall–Kier alpha value is -3.28. The molecule has 1 unspecified atom stereocenters. The van der Waals surface area contributed by atoms with Crippen molar-refractivity contribution in [3.05, 3.63) is 77.7 Å². The number of fused-ring (bicyclic) bond motifs is 1. The first-order valence-corrected chi connectivity index (χ1v) is 8.61. The van der Waals surface area contributed by atoms with Gasteiger partial charge in [0.05, 0.1) is 12.2 Å². The zero-order valence-corrected chi connectivity index (χ0v) is 14.5.